The lowest BCUT2D eigenvalue weighted by molar-refractivity contribution is -0.145. The van der Waals surface area contributed by atoms with E-state index in [1.165, 1.54) is 18.2 Å². The molecule has 164 valence electrons. The van der Waals surface area contributed by atoms with E-state index in [2.05, 4.69) is 20.0 Å². The summed E-state index contributed by atoms with van der Waals surface area (Å²) in [5.41, 5.74) is 0.943. The third-order valence-electron chi connectivity index (χ3n) is 4.05. The number of fused-ring (bicyclic) bond motifs is 1. The van der Waals surface area contributed by atoms with Crippen molar-refractivity contribution in [2.45, 2.75) is 24.2 Å². The van der Waals surface area contributed by atoms with Gasteiger partial charge < -0.3 is 10.1 Å². The number of hydrogen-bond acceptors (Lipinski definition) is 5. The first kappa shape index (κ1) is 22.7. The van der Waals surface area contributed by atoms with Crippen molar-refractivity contribution in [1.29, 1.82) is 0 Å². The summed E-state index contributed by atoms with van der Waals surface area (Å²) < 4.78 is 67.7. The predicted octanol–water partition coefficient (Wildman–Crippen LogP) is 4.70. The number of halogens is 5. The van der Waals surface area contributed by atoms with Crippen molar-refractivity contribution in [3.63, 3.8) is 0 Å². The molecule has 3 aromatic rings. The van der Waals surface area contributed by atoms with Crippen LogP contribution in [-0.2, 0) is 17.4 Å². The zero-order valence-corrected chi connectivity index (χ0v) is 16.6. The van der Waals surface area contributed by atoms with Crippen LogP contribution in [0.2, 0.25) is 0 Å². The normalized spacial score (nSPS) is 11.7. The van der Waals surface area contributed by atoms with E-state index in [0.717, 1.165) is 17.3 Å². The van der Waals surface area contributed by atoms with E-state index < -0.39 is 18.6 Å². The molecule has 0 unspecified atom stereocenters. The van der Waals surface area contributed by atoms with Crippen molar-refractivity contribution in [3.05, 3.63) is 59.9 Å². The van der Waals surface area contributed by atoms with Gasteiger partial charge in [0, 0.05) is 11.9 Å². The number of nitrogens with one attached hydrogen (secondary N) is 1. The average molecular weight is 457 g/mol. The average Bonchev–Trinajstić information content (AvgIpc) is 2.72. The van der Waals surface area contributed by atoms with Gasteiger partial charge in [0.1, 0.15) is 10.8 Å². The number of ether oxygens (including phenoxy) is 1. The molecule has 5 nitrogen and oxygen atoms in total. The maximum absolute atomic E-state index is 13.1. The first-order valence-corrected chi connectivity index (χ1v) is 9.98. The lowest BCUT2D eigenvalue weighted by Gasteiger charge is -2.10. The summed E-state index contributed by atoms with van der Waals surface area (Å²) in [6, 6.07) is 12.3. The van der Waals surface area contributed by atoms with Crippen molar-refractivity contribution >= 4 is 28.6 Å². The Bertz CT molecular complexity index is 1050. The molecule has 0 bridgehead atoms. The van der Waals surface area contributed by atoms with Crippen molar-refractivity contribution in [2.75, 3.05) is 12.3 Å². The summed E-state index contributed by atoms with van der Waals surface area (Å²) in [5.74, 6) is -1.72. The number of carbonyl (C=O) groups is 1. The van der Waals surface area contributed by atoms with E-state index >= 15 is 0 Å². The summed E-state index contributed by atoms with van der Waals surface area (Å²) in [7, 11) is 0. The number of thioether (sulfide) groups is 1. The zero-order valence-electron chi connectivity index (χ0n) is 15.8. The van der Waals surface area contributed by atoms with Crippen molar-refractivity contribution < 1.29 is 31.5 Å². The maximum Gasteiger partial charge on any atom is 0.451 e. The Morgan fingerprint density at radius 2 is 1.77 bits per heavy atom. The number of rotatable bonds is 8. The number of hydrogen-bond donors (Lipinski definition) is 1. The second kappa shape index (κ2) is 9.90. The van der Waals surface area contributed by atoms with Crippen LogP contribution in [0, 0.1) is 0 Å². The summed E-state index contributed by atoms with van der Waals surface area (Å²) in [5, 5.41) is 3.17. The van der Waals surface area contributed by atoms with Crippen LogP contribution in [0.25, 0.3) is 10.9 Å². The van der Waals surface area contributed by atoms with Crippen LogP contribution in [0.15, 0.2) is 53.6 Å². The van der Waals surface area contributed by atoms with E-state index in [0.29, 0.717) is 11.8 Å². The second-order valence-corrected chi connectivity index (χ2v) is 7.24. The molecule has 1 amide bonds. The van der Waals surface area contributed by atoms with Gasteiger partial charge in [-0.15, -0.1) is 0 Å². The zero-order chi connectivity index (χ0) is 22.4. The topological polar surface area (TPSA) is 64.1 Å². The van der Waals surface area contributed by atoms with Crippen LogP contribution < -0.4 is 10.1 Å². The van der Waals surface area contributed by atoms with Gasteiger partial charge in [0.2, 0.25) is 11.7 Å². The number of alkyl halides is 5. The molecule has 1 N–H and O–H groups in total. The lowest BCUT2D eigenvalue weighted by Crippen LogP contribution is -2.27. The Morgan fingerprint density at radius 1 is 1.06 bits per heavy atom. The summed E-state index contributed by atoms with van der Waals surface area (Å²) in [6.07, 6.45) is -4.25. The van der Waals surface area contributed by atoms with Gasteiger partial charge in [-0.2, -0.15) is 22.0 Å². The minimum atomic E-state index is -4.70. The molecule has 1 heterocycles. The maximum atomic E-state index is 13.1. The minimum Gasteiger partial charge on any atom is -0.435 e. The first-order chi connectivity index (χ1) is 14.7. The van der Waals surface area contributed by atoms with Crippen molar-refractivity contribution in [2.24, 2.45) is 0 Å². The van der Waals surface area contributed by atoms with E-state index in [1.54, 1.807) is 30.3 Å². The SMILES string of the molecule is O=C(CSc1nc(C(F)(F)F)nc2ccccc12)NCCc1ccc(OC(F)F)cc1. The summed E-state index contributed by atoms with van der Waals surface area (Å²) in [4.78, 5) is 19.2. The molecule has 0 aliphatic carbocycles. The van der Waals surface area contributed by atoms with Crippen molar-refractivity contribution in [1.82, 2.24) is 15.3 Å². The van der Waals surface area contributed by atoms with Crippen LogP contribution in [0.1, 0.15) is 11.4 Å². The highest BCUT2D eigenvalue weighted by atomic mass is 32.2. The number of aromatic nitrogens is 2. The minimum absolute atomic E-state index is 0.0366. The second-order valence-electron chi connectivity index (χ2n) is 6.28. The number of amides is 1. The van der Waals surface area contributed by atoms with Gasteiger partial charge in [-0.3, -0.25) is 4.79 Å². The monoisotopic (exact) mass is 457 g/mol. The summed E-state index contributed by atoms with van der Waals surface area (Å²) >= 11 is 0.891. The van der Waals surface area contributed by atoms with E-state index in [9.17, 15) is 26.7 Å². The van der Waals surface area contributed by atoms with Gasteiger partial charge >= 0.3 is 12.8 Å². The Labute approximate surface area is 178 Å². The standard InChI is InChI=1S/C20H16F5N3O2S/c21-19(22)30-13-7-5-12(6-8-13)9-10-26-16(29)11-31-17-14-3-1-2-4-15(14)27-18(28-17)20(23,24)25/h1-8,19H,9-11H2,(H,26,29). The fourth-order valence-electron chi connectivity index (χ4n) is 2.65. The van der Waals surface area contributed by atoms with Crippen LogP contribution in [0.5, 0.6) is 5.75 Å². The van der Waals surface area contributed by atoms with E-state index in [4.69, 9.17) is 0 Å². The van der Waals surface area contributed by atoms with Gasteiger partial charge in [0.25, 0.3) is 0 Å². The predicted molar refractivity (Wildman–Crippen MR) is 105 cm³/mol. The molecule has 0 aliphatic heterocycles. The third kappa shape index (κ3) is 6.51. The molecule has 0 saturated carbocycles. The number of benzene rings is 2. The quantitative estimate of drug-likeness (QED) is 0.302. The van der Waals surface area contributed by atoms with Crippen LogP contribution >= 0.6 is 11.8 Å². The smallest absolute Gasteiger partial charge is 0.435 e. The lowest BCUT2D eigenvalue weighted by atomic mass is 10.1. The van der Waals surface area contributed by atoms with Gasteiger partial charge in [0.05, 0.1) is 11.3 Å². The molecule has 0 aliphatic rings. The van der Waals surface area contributed by atoms with E-state index in [1.807, 2.05) is 0 Å². The molecule has 0 fully saturated rings. The molecular formula is C20H16F5N3O2S. The highest BCUT2D eigenvalue weighted by molar-refractivity contribution is 8.00. The fourth-order valence-corrected chi connectivity index (χ4v) is 3.50. The van der Waals surface area contributed by atoms with Crippen LogP contribution in [0.4, 0.5) is 22.0 Å². The molecule has 0 atom stereocenters. The number of carbonyl (C=O) groups excluding carboxylic acids is 1. The Hall–Kier alpha value is -2.95. The largest absolute Gasteiger partial charge is 0.451 e. The van der Waals surface area contributed by atoms with Gasteiger partial charge in [-0.1, -0.05) is 42.1 Å². The Balaban J connectivity index is 1.55. The third-order valence-corrected chi connectivity index (χ3v) is 5.04. The molecule has 0 spiro atoms. The van der Waals surface area contributed by atoms with Crippen LogP contribution in [-0.4, -0.2) is 34.8 Å². The molecule has 1 aromatic heterocycles. The number of nitrogens with zero attached hydrogens (tertiary/aromatic N) is 2. The Morgan fingerprint density at radius 3 is 2.45 bits per heavy atom. The van der Waals surface area contributed by atoms with Gasteiger partial charge in [0.15, 0.2) is 0 Å². The molecule has 11 heteroatoms. The molecular weight excluding hydrogens is 441 g/mol. The van der Waals surface area contributed by atoms with Crippen LogP contribution in [0.3, 0.4) is 0 Å². The molecule has 0 saturated heterocycles. The van der Waals surface area contributed by atoms with E-state index in [-0.39, 0.29) is 34.5 Å². The molecule has 31 heavy (non-hydrogen) atoms. The number of para-hydroxylation sites is 1. The highest BCUT2D eigenvalue weighted by Crippen LogP contribution is 2.31. The highest BCUT2D eigenvalue weighted by Gasteiger charge is 2.35. The Kier molecular flexibility index (Phi) is 7.26. The molecule has 3 rings (SSSR count). The van der Waals surface area contributed by atoms with Gasteiger partial charge in [-0.25, -0.2) is 9.97 Å². The molecule has 2 aromatic carbocycles. The van der Waals surface area contributed by atoms with Crippen molar-refractivity contribution in [3.8, 4) is 5.75 Å². The fraction of sp³-hybridized carbons (Fsp3) is 0.250. The first-order valence-electron chi connectivity index (χ1n) is 8.99. The molecule has 0 radical (unpaired) electrons. The van der Waals surface area contributed by atoms with Gasteiger partial charge in [-0.05, 0) is 30.2 Å². The summed E-state index contributed by atoms with van der Waals surface area (Å²) in [6.45, 7) is -2.63.